The zero-order valence-electron chi connectivity index (χ0n) is 9.11. The van der Waals surface area contributed by atoms with Crippen LogP contribution in [0.25, 0.3) is 0 Å². The minimum atomic E-state index is -0.367. The van der Waals surface area contributed by atoms with E-state index in [4.69, 9.17) is 14.2 Å². The Morgan fingerprint density at radius 1 is 1.18 bits per heavy atom. The Bertz CT molecular complexity index is 440. The molecule has 3 rings (SSSR count). The smallest absolute Gasteiger partial charge is 0.331 e. The minimum Gasteiger partial charge on any atom is -0.452 e. The molecule has 1 saturated heterocycles. The van der Waals surface area contributed by atoms with Gasteiger partial charge >= 0.3 is 5.97 Å². The molecule has 0 N–H and O–H groups in total. The average Bonchev–Trinajstić information content (AvgIpc) is 2.98. The van der Waals surface area contributed by atoms with Crippen LogP contribution < -0.4 is 0 Å². The van der Waals surface area contributed by atoms with Crippen molar-refractivity contribution in [3.63, 3.8) is 0 Å². The summed E-state index contributed by atoms with van der Waals surface area (Å²) in [6.07, 6.45) is 2.22. The molecule has 2 aliphatic heterocycles. The van der Waals surface area contributed by atoms with Gasteiger partial charge in [0, 0.05) is 11.6 Å². The van der Waals surface area contributed by atoms with Crippen molar-refractivity contribution in [3.05, 3.63) is 48.0 Å². The van der Waals surface area contributed by atoms with Crippen molar-refractivity contribution < 1.29 is 19.0 Å². The van der Waals surface area contributed by atoms with Crippen LogP contribution in [-0.2, 0) is 19.0 Å². The number of hydrogen-bond donors (Lipinski definition) is 0. The molecule has 2 heterocycles. The van der Waals surface area contributed by atoms with E-state index in [0.717, 1.165) is 5.56 Å². The van der Waals surface area contributed by atoms with E-state index in [2.05, 4.69) is 0 Å². The topological polar surface area (TPSA) is 44.8 Å². The maximum atomic E-state index is 11.0. The second kappa shape index (κ2) is 4.31. The Morgan fingerprint density at radius 2 is 2.00 bits per heavy atom. The van der Waals surface area contributed by atoms with Crippen molar-refractivity contribution in [3.8, 4) is 0 Å². The number of rotatable bonds is 2. The molecular weight excluding hydrogens is 220 g/mol. The monoisotopic (exact) mass is 232 g/mol. The van der Waals surface area contributed by atoms with Crippen molar-refractivity contribution in [1.82, 2.24) is 0 Å². The molecule has 1 aromatic rings. The van der Waals surface area contributed by atoms with Crippen LogP contribution in [0, 0.1) is 0 Å². The lowest BCUT2D eigenvalue weighted by atomic mass is 10.2. The highest BCUT2D eigenvalue weighted by Crippen LogP contribution is 2.30. The first-order valence-electron chi connectivity index (χ1n) is 5.54. The van der Waals surface area contributed by atoms with Crippen LogP contribution in [0.4, 0.5) is 0 Å². The summed E-state index contributed by atoms with van der Waals surface area (Å²) >= 11 is 0. The van der Waals surface area contributed by atoms with E-state index in [0.29, 0.717) is 6.61 Å². The second-order valence-electron chi connectivity index (χ2n) is 4.01. The van der Waals surface area contributed by atoms with Gasteiger partial charge in [0.2, 0.25) is 0 Å². The van der Waals surface area contributed by atoms with Crippen LogP contribution in [-0.4, -0.2) is 24.8 Å². The van der Waals surface area contributed by atoms with Crippen molar-refractivity contribution in [1.29, 1.82) is 0 Å². The molecule has 0 saturated carbocycles. The number of ether oxygens (including phenoxy) is 3. The first-order chi connectivity index (χ1) is 8.33. The van der Waals surface area contributed by atoms with Gasteiger partial charge in [0.25, 0.3) is 0 Å². The Kier molecular flexibility index (Phi) is 2.66. The van der Waals surface area contributed by atoms with Crippen LogP contribution in [0.15, 0.2) is 42.5 Å². The number of cyclic esters (lactones) is 1. The zero-order chi connectivity index (χ0) is 11.7. The molecule has 0 radical (unpaired) electrons. The fourth-order valence-electron chi connectivity index (χ4n) is 1.96. The molecule has 1 unspecified atom stereocenters. The van der Waals surface area contributed by atoms with Crippen molar-refractivity contribution in [2.45, 2.75) is 18.5 Å². The standard InChI is InChI=1S/C13H12O4/c14-12-7-6-10(16-12)11-8-15-13(17-11)9-4-2-1-3-5-9/h1-7,10-11,13H,8H2/t10-,11-,13?/m0/s1. The van der Waals surface area contributed by atoms with E-state index in [-0.39, 0.29) is 24.5 Å². The van der Waals surface area contributed by atoms with Gasteiger partial charge in [0.05, 0.1) is 6.61 Å². The molecule has 4 heteroatoms. The summed E-state index contributed by atoms with van der Waals surface area (Å²) in [5, 5.41) is 0. The van der Waals surface area contributed by atoms with Crippen LogP contribution >= 0.6 is 0 Å². The van der Waals surface area contributed by atoms with E-state index in [1.807, 2.05) is 30.3 Å². The van der Waals surface area contributed by atoms with Crippen LogP contribution in [0.5, 0.6) is 0 Å². The van der Waals surface area contributed by atoms with E-state index in [9.17, 15) is 4.79 Å². The molecule has 2 aliphatic rings. The predicted octanol–water partition coefficient (Wildman–Crippen LogP) is 1.58. The van der Waals surface area contributed by atoms with Gasteiger partial charge in [-0.1, -0.05) is 30.3 Å². The van der Waals surface area contributed by atoms with Gasteiger partial charge in [-0.15, -0.1) is 0 Å². The van der Waals surface area contributed by atoms with Crippen LogP contribution in [0.2, 0.25) is 0 Å². The highest BCUT2D eigenvalue weighted by Gasteiger charge is 2.35. The van der Waals surface area contributed by atoms with Crippen molar-refractivity contribution in [2.24, 2.45) is 0 Å². The van der Waals surface area contributed by atoms with Gasteiger partial charge in [-0.25, -0.2) is 4.79 Å². The maximum absolute atomic E-state index is 11.0. The van der Waals surface area contributed by atoms with Crippen LogP contribution in [0.3, 0.4) is 0 Å². The number of carbonyl (C=O) groups excluding carboxylic acids is 1. The summed E-state index contributed by atoms with van der Waals surface area (Å²) in [6, 6.07) is 9.71. The molecule has 17 heavy (non-hydrogen) atoms. The fourth-order valence-corrected chi connectivity index (χ4v) is 1.96. The molecule has 1 aromatic carbocycles. The number of hydrogen-bond acceptors (Lipinski definition) is 4. The summed E-state index contributed by atoms with van der Waals surface area (Å²) in [5.74, 6) is -0.318. The first-order valence-corrected chi connectivity index (χ1v) is 5.54. The van der Waals surface area contributed by atoms with E-state index >= 15 is 0 Å². The lowest BCUT2D eigenvalue weighted by Crippen LogP contribution is -2.27. The third kappa shape index (κ3) is 2.09. The van der Waals surface area contributed by atoms with Crippen molar-refractivity contribution >= 4 is 5.97 Å². The van der Waals surface area contributed by atoms with E-state index in [1.165, 1.54) is 6.08 Å². The molecule has 1 fully saturated rings. The normalized spacial score (nSPS) is 31.8. The third-order valence-electron chi connectivity index (χ3n) is 2.82. The Hall–Kier alpha value is -1.65. The molecular formula is C13H12O4. The van der Waals surface area contributed by atoms with Gasteiger partial charge in [0.1, 0.15) is 12.2 Å². The highest BCUT2D eigenvalue weighted by molar-refractivity contribution is 5.84. The number of benzene rings is 1. The zero-order valence-corrected chi connectivity index (χ0v) is 9.11. The first kappa shape index (κ1) is 10.5. The molecule has 0 amide bonds. The molecule has 0 bridgehead atoms. The molecule has 4 nitrogen and oxygen atoms in total. The average molecular weight is 232 g/mol. The molecule has 3 atom stereocenters. The van der Waals surface area contributed by atoms with Gasteiger partial charge in [0.15, 0.2) is 6.29 Å². The summed E-state index contributed by atoms with van der Waals surface area (Å²) in [5.41, 5.74) is 0.975. The predicted molar refractivity (Wildman–Crippen MR) is 59.0 cm³/mol. The summed E-state index contributed by atoms with van der Waals surface area (Å²) in [4.78, 5) is 11.0. The van der Waals surface area contributed by atoms with Gasteiger partial charge in [-0.2, -0.15) is 0 Å². The summed E-state index contributed by atoms with van der Waals surface area (Å²) in [7, 11) is 0. The molecule has 0 aliphatic carbocycles. The third-order valence-corrected chi connectivity index (χ3v) is 2.82. The van der Waals surface area contributed by atoms with Gasteiger partial charge in [-0.3, -0.25) is 0 Å². The second-order valence-corrected chi connectivity index (χ2v) is 4.01. The van der Waals surface area contributed by atoms with Gasteiger partial charge < -0.3 is 14.2 Å². The van der Waals surface area contributed by atoms with E-state index in [1.54, 1.807) is 6.08 Å². The lowest BCUT2D eigenvalue weighted by molar-refractivity contribution is -0.145. The van der Waals surface area contributed by atoms with Crippen LogP contribution in [0.1, 0.15) is 11.9 Å². The SMILES string of the molecule is O=C1C=C[C@@H]([C@@H]2COC(c3ccccc3)O2)O1. The molecule has 88 valence electrons. The largest absolute Gasteiger partial charge is 0.452 e. The lowest BCUT2D eigenvalue weighted by Gasteiger charge is -2.15. The molecule has 0 aromatic heterocycles. The summed E-state index contributed by atoms with van der Waals surface area (Å²) in [6.45, 7) is 0.432. The Morgan fingerprint density at radius 3 is 2.71 bits per heavy atom. The fraction of sp³-hybridized carbons (Fsp3) is 0.308. The van der Waals surface area contributed by atoms with E-state index < -0.39 is 0 Å². The maximum Gasteiger partial charge on any atom is 0.331 e. The highest BCUT2D eigenvalue weighted by atomic mass is 16.7. The Labute approximate surface area is 98.8 Å². The number of carbonyl (C=O) groups is 1. The molecule has 0 spiro atoms. The minimum absolute atomic E-state index is 0.220. The Balaban J connectivity index is 1.66. The number of esters is 1. The van der Waals surface area contributed by atoms with Crippen molar-refractivity contribution in [2.75, 3.05) is 6.61 Å². The summed E-state index contributed by atoms with van der Waals surface area (Å²) < 4.78 is 16.4. The van der Waals surface area contributed by atoms with Gasteiger partial charge in [-0.05, 0) is 6.08 Å². The quantitative estimate of drug-likeness (QED) is 0.726.